The number of ether oxygens (including phenoxy) is 2. The van der Waals surface area contributed by atoms with Gasteiger partial charge in [0.15, 0.2) is 6.04 Å². The Morgan fingerprint density at radius 2 is 1.95 bits per heavy atom. The molecule has 1 atom stereocenters. The fraction of sp³-hybridized carbons (Fsp3) is 0.308. The van der Waals surface area contributed by atoms with E-state index in [1.165, 1.54) is 6.29 Å². The molecule has 0 spiro atoms. The Labute approximate surface area is 110 Å². The van der Waals surface area contributed by atoms with Crippen LogP contribution in [-0.4, -0.2) is 31.0 Å². The average Bonchev–Trinajstić information content (AvgIpc) is 2.44. The van der Waals surface area contributed by atoms with Gasteiger partial charge in [-0.25, -0.2) is 9.59 Å². The molecule has 19 heavy (non-hydrogen) atoms. The molecule has 0 bridgehead atoms. The number of carbonyl (C=O) groups is 2. The van der Waals surface area contributed by atoms with Crippen LogP contribution in [0.25, 0.3) is 0 Å². The molecule has 0 aromatic heterocycles. The van der Waals surface area contributed by atoms with E-state index in [9.17, 15) is 14.4 Å². The van der Waals surface area contributed by atoms with Gasteiger partial charge in [-0.1, -0.05) is 30.3 Å². The highest BCUT2D eigenvalue weighted by Gasteiger charge is 2.22. The van der Waals surface area contributed by atoms with E-state index >= 15 is 0 Å². The van der Waals surface area contributed by atoms with Gasteiger partial charge >= 0.3 is 12.1 Å². The molecule has 1 aromatic rings. The van der Waals surface area contributed by atoms with Gasteiger partial charge < -0.3 is 14.8 Å². The summed E-state index contributed by atoms with van der Waals surface area (Å²) < 4.78 is 9.44. The topological polar surface area (TPSA) is 81.7 Å². The Balaban J connectivity index is 2.41. The SMILES string of the molecule is CCOC(=O)C([C]=O)NC(=O)OCc1ccccc1. The molecule has 6 nitrogen and oxygen atoms in total. The van der Waals surface area contributed by atoms with E-state index < -0.39 is 18.1 Å². The van der Waals surface area contributed by atoms with Gasteiger partial charge in [0, 0.05) is 0 Å². The van der Waals surface area contributed by atoms with Crippen LogP contribution in [0.3, 0.4) is 0 Å². The fourth-order valence-corrected chi connectivity index (χ4v) is 1.24. The van der Waals surface area contributed by atoms with E-state index in [0.29, 0.717) is 0 Å². The maximum atomic E-state index is 11.4. The summed E-state index contributed by atoms with van der Waals surface area (Å²) in [7, 11) is 0. The van der Waals surface area contributed by atoms with Crippen LogP contribution in [0.15, 0.2) is 30.3 Å². The predicted molar refractivity (Wildman–Crippen MR) is 65.9 cm³/mol. The van der Waals surface area contributed by atoms with Crippen molar-refractivity contribution in [1.82, 2.24) is 5.32 Å². The third kappa shape index (κ3) is 5.20. The lowest BCUT2D eigenvalue weighted by molar-refractivity contribution is -0.143. The molecule has 0 fully saturated rings. The molecule has 1 N–H and O–H groups in total. The first-order valence-corrected chi connectivity index (χ1v) is 5.69. The van der Waals surface area contributed by atoms with Crippen LogP contribution in [-0.2, 0) is 25.7 Å². The molecule has 1 rings (SSSR count). The largest absolute Gasteiger partial charge is 0.464 e. The van der Waals surface area contributed by atoms with Gasteiger partial charge in [-0.3, -0.25) is 4.79 Å². The maximum Gasteiger partial charge on any atom is 0.408 e. The summed E-state index contributed by atoms with van der Waals surface area (Å²) in [4.78, 5) is 33.1. The quantitative estimate of drug-likeness (QED) is 0.611. The zero-order valence-electron chi connectivity index (χ0n) is 10.4. The van der Waals surface area contributed by atoms with Crippen LogP contribution < -0.4 is 5.32 Å². The summed E-state index contributed by atoms with van der Waals surface area (Å²) in [6, 6.07) is 7.53. The monoisotopic (exact) mass is 264 g/mol. The number of hydrogen-bond donors (Lipinski definition) is 1. The van der Waals surface area contributed by atoms with Gasteiger partial charge in [-0.2, -0.15) is 0 Å². The molecule has 1 radical (unpaired) electrons. The van der Waals surface area contributed by atoms with Gasteiger partial charge in [-0.15, -0.1) is 0 Å². The number of rotatable bonds is 6. The van der Waals surface area contributed by atoms with Crippen molar-refractivity contribution in [2.45, 2.75) is 19.6 Å². The molecular weight excluding hydrogens is 250 g/mol. The lowest BCUT2D eigenvalue weighted by atomic mass is 10.2. The van der Waals surface area contributed by atoms with Crippen LogP contribution in [0.4, 0.5) is 4.79 Å². The Kier molecular flexibility index (Phi) is 6.08. The van der Waals surface area contributed by atoms with Crippen molar-refractivity contribution in [3.63, 3.8) is 0 Å². The van der Waals surface area contributed by atoms with Crippen molar-refractivity contribution < 1.29 is 23.9 Å². The van der Waals surface area contributed by atoms with Crippen molar-refractivity contribution in [3.8, 4) is 0 Å². The second-order valence-corrected chi connectivity index (χ2v) is 3.51. The van der Waals surface area contributed by atoms with Gasteiger partial charge in [0.2, 0.25) is 6.29 Å². The molecular formula is C13H14NO5. The Morgan fingerprint density at radius 3 is 2.53 bits per heavy atom. The molecule has 0 aliphatic rings. The first kappa shape index (κ1) is 14.7. The molecule has 1 unspecified atom stereocenters. The van der Waals surface area contributed by atoms with E-state index in [1.807, 2.05) is 6.07 Å². The number of hydrogen-bond acceptors (Lipinski definition) is 5. The van der Waals surface area contributed by atoms with Crippen molar-refractivity contribution in [1.29, 1.82) is 0 Å². The summed E-state index contributed by atoms with van der Waals surface area (Å²) in [6.45, 7) is 1.74. The molecule has 0 saturated carbocycles. The molecule has 6 heteroatoms. The van der Waals surface area contributed by atoms with Crippen molar-refractivity contribution in [2.24, 2.45) is 0 Å². The smallest absolute Gasteiger partial charge is 0.408 e. The van der Waals surface area contributed by atoms with E-state index in [1.54, 1.807) is 31.2 Å². The normalized spacial score (nSPS) is 11.2. The summed E-state index contributed by atoms with van der Waals surface area (Å²) >= 11 is 0. The van der Waals surface area contributed by atoms with Crippen LogP contribution in [0, 0.1) is 0 Å². The first-order chi connectivity index (χ1) is 9.17. The Hall–Kier alpha value is -2.37. The summed E-state index contributed by atoms with van der Waals surface area (Å²) in [5, 5.41) is 2.06. The van der Waals surface area contributed by atoms with E-state index in [4.69, 9.17) is 4.74 Å². The molecule has 0 heterocycles. The predicted octanol–water partition coefficient (Wildman–Crippen LogP) is 0.954. The lowest BCUT2D eigenvalue weighted by Gasteiger charge is -2.11. The Bertz CT molecular complexity index is 432. The van der Waals surface area contributed by atoms with Gasteiger partial charge in [0.25, 0.3) is 0 Å². The van der Waals surface area contributed by atoms with Crippen LogP contribution in [0.1, 0.15) is 12.5 Å². The second kappa shape index (κ2) is 7.86. The third-order valence-corrected chi connectivity index (χ3v) is 2.12. The van der Waals surface area contributed by atoms with Crippen LogP contribution in [0.2, 0.25) is 0 Å². The summed E-state index contributed by atoms with van der Waals surface area (Å²) in [6.07, 6.45) is 0.495. The van der Waals surface area contributed by atoms with Crippen molar-refractivity contribution in [2.75, 3.05) is 6.61 Å². The number of nitrogens with one attached hydrogen (secondary N) is 1. The third-order valence-electron chi connectivity index (χ3n) is 2.12. The molecule has 0 aliphatic carbocycles. The molecule has 1 aromatic carbocycles. The van der Waals surface area contributed by atoms with Gasteiger partial charge in [-0.05, 0) is 12.5 Å². The van der Waals surface area contributed by atoms with Crippen LogP contribution >= 0.6 is 0 Å². The standard InChI is InChI=1S/C13H14NO5/c1-2-18-12(16)11(8-15)14-13(17)19-9-10-6-4-3-5-7-10/h3-7,11H,2,9H2,1H3,(H,14,17). The lowest BCUT2D eigenvalue weighted by Crippen LogP contribution is -2.43. The van der Waals surface area contributed by atoms with E-state index in [2.05, 4.69) is 10.1 Å². The minimum absolute atomic E-state index is 0.0427. The zero-order valence-corrected chi connectivity index (χ0v) is 10.4. The molecule has 0 saturated heterocycles. The highest BCUT2D eigenvalue weighted by molar-refractivity contribution is 5.95. The number of carbonyl (C=O) groups excluding carboxylic acids is 3. The highest BCUT2D eigenvalue weighted by atomic mass is 16.6. The van der Waals surface area contributed by atoms with Gasteiger partial charge in [0.05, 0.1) is 6.61 Å². The van der Waals surface area contributed by atoms with E-state index in [-0.39, 0.29) is 13.2 Å². The summed E-state index contributed by atoms with van der Waals surface area (Å²) in [5.41, 5.74) is 0.792. The minimum atomic E-state index is -1.47. The average molecular weight is 264 g/mol. The fourth-order valence-electron chi connectivity index (χ4n) is 1.24. The maximum absolute atomic E-state index is 11.4. The molecule has 0 aliphatic heterocycles. The van der Waals surface area contributed by atoms with Crippen molar-refractivity contribution >= 4 is 18.3 Å². The van der Waals surface area contributed by atoms with Crippen molar-refractivity contribution in [3.05, 3.63) is 35.9 Å². The molecule has 101 valence electrons. The number of benzene rings is 1. The number of esters is 1. The first-order valence-electron chi connectivity index (χ1n) is 5.69. The van der Waals surface area contributed by atoms with Crippen LogP contribution in [0.5, 0.6) is 0 Å². The minimum Gasteiger partial charge on any atom is -0.464 e. The molecule has 1 amide bonds. The summed E-state index contributed by atoms with van der Waals surface area (Å²) in [5.74, 6) is -0.867. The van der Waals surface area contributed by atoms with E-state index in [0.717, 1.165) is 5.56 Å². The second-order valence-electron chi connectivity index (χ2n) is 3.51. The highest BCUT2D eigenvalue weighted by Crippen LogP contribution is 2.00. The Morgan fingerprint density at radius 1 is 1.26 bits per heavy atom. The number of amides is 1. The number of alkyl carbamates (subject to hydrolysis) is 1. The zero-order chi connectivity index (χ0) is 14.1. The van der Waals surface area contributed by atoms with Gasteiger partial charge in [0.1, 0.15) is 6.61 Å².